The van der Waals surface area contributed by atoms with E-state index in [2.05, 4.69) is 0 Å². The summed E-state index contributed by atoms with van der Waals surface area (Å²) in [6.45, 7) is 0. The molecule has 3 N–H and O–H groups in total. The van der Waals surface area contributed by atoms with Crippen LogP contribution < -0.4 is 14.2 Å². The van der Waals surface area contributed by atoms with E-state index in [4.69, 9.17) is 14.2 Å². The molecule has 9 nitrogen and oxygen atoms in total. The molecule has 0 atom stereocenters. The van der Waals surface area contributed by atoms with Gasteiger partial charge in [0.05, 0.1) is 0 Å². The highest BCUT2D eigenvalue weighted by molar-refractivity contribution is 5.91. The van der Waals surface area contributed by atoms with Gasteiger partial charge in [-0.25, -0.2) is 14.4 Å². The average Bonchev–Trinajstić information content (AvgIpc) is 3.09. The molecule has 248 valence electrons. The first-order valence-corrected chi connectivity index (χ1v) is 15.2. The number of ether oxygens (including phenoxy) is 3. The number of aromatic hydroxyl groups is 3. The molecular formula is C41H30O9. The maximum Gasteiger partial charge on any atom is 0.336 e. The number of hydrogen-bond donors (Lipinski definition) is 3. The van der Waals surface area contributed by atoms with Crippen molar-refractivity contribution in [1.82, 2.24) is 0 Å². The molecule has 0 saturated heterocycles. The van der Waals surface area contributed by atoms with Gasteiger partial charge in [0, 0.05) is 24.3 Å². The molecule has 0 spiro atoms. The van der Waals surface area contributed by atoms with E-state index in [1.807, 2.05) is 0 Å². The molecule has 0 saturated carbocycles. The summed E-state index contributed by atoms with van der Waals surface area (Å²) in [6, 6.07) is 30.5. The summed E-state index contributed by atoms with van der Waals surface area (Å²) in [6.07, 6.45) is 11.7. The Hall–Kier alpha value is -7.13. The fraction of sp³-hybridized carbons (Fsp3) is 0. The van der Waals surface area contributed by atoms with Gasteiger partial charge in [-0.15, -0.1) is 0 Å². The number of carbonyl (C=O) groups is 3. The maximum absolute atomic E-state index is 12.6. The van der Waals surface area contributed by atoms with Crippen molar-refractivity contribution in [1.29, 1.82) is 0 Å². The van der Waals surface area contributed by atoms with Crippen LogP contribution in [0.3, 0.4) is 0 Å². The Bertz CT molecular complexity index is 2040. The highest BCUT2D eigenvalue weighted by Gasteiger charge is 2.09. The van der Waals surface area contributed by atoms with Crippen LogP contribution in [-0.2, 0) is 14.4 Å². The summed E-state index contributed by atoms with van der Waals surface area (Å²) in [5, 5.41) is 28.9. The topological polar surface area (TPSA) is 140 Å². The van der Waals surface area contributed by atoms with Crippen molar-refractivity contribution in [2.45, 2.75) is 0 Å². The van der Waals surface area contributed by atoms with E-state index in [0.29, 0.717) is 28.0 Å². The molecule has 50 heavy (non-hydrogen) atoms. The summed E-state index contributed by atoms with van der Waals surface area (Å²) >= 11 is 0. The van der Waals surface area contributed by atoms with E-state index >= 15 is 0 Å². The second-order valence-electron chi connectivity index (χ2n) is 10.7. The van der Waals surface area contributed by atoms with Crippen LogP contribution in [0.5, 0.6) is 34.5 Å². The Morgan fingerprint density at radius 3 is 1.16 bits per heavy atom. The van der Waals surface area contributed by atoms with E-state index < -0.39 is 17.9 Å². The zero-order valence-corrected chi connectivity index (χ0v) is 26.4. The van der Waals surface area contributed by atoms with Crippen molar-refractivity contribution < 1.29 is 43.9 Å². The quantitative estimate of drug-likeness (QED) is 0.0557. The van der Waals surface area contributed by atoms with Crippen LogP contribution in [0.1, 0.15) is 27.8 Å². The number of rotatable bonds is 11. The minimum atomic E-state index is -0.697. The van der Waals surface area contributed by atoms with Crippen molar-refractivity contribution in [3.8, 4) is 34.5 Å². The third-order valence-corrected chi connectivity index (χ3v) is 6.75. The van der Waals surface area contributed by atoms with Crippen molar-refractivity contribution in [3.05, 3.63) is 161 Å². The lowest BCUT2D eigenvalue weighted by Gasteiger charge is -2.08. The standard InChI is InChI=1S/C41H30O9/c42-33-7-1-4-29(22-33)14-19-39(45)48-36-17-12-28(13-18-36)10-11-32-25-37(49-40(46)20-15-30-5-2-8-34(43)23-30)27-38(26-32)50-41(47)21-16-31-6-3-9-35(44)24-31/h1-27,42-44H/b11-10+,19-14+,20-15+,21-16+. The second kappa shape index (κ2) is 16.6. The third kappa shape index (κ3) is 11.0. The Balaban J connectivity index is 1.29. The van der Waals surface area contributed by atoms with Crippen LogP contribution in [0.4, 0.5) is 0 Å². The molecule has 5 rings (SSSR count). The van der Waals surface area contributed by atoms with Crippen LogP contribution in [-0.4, -0.2) is 33.2 Å². The van der Waals surface area contributed by atoms with Crippen LogP contribution in [0.2, 0.25) is 0 Å². The van der Waals surface area contributed by atoms with E-state index in [1.165, 1.54) is 78.9 Å². The molecule has 5 aromatic rings. The number of carbonyl (C=O) groups excluding carboxylic acids is 3. The summed E-state index contributed by atoms with van der Waals surface area (Å²) in [5.74, 6) is -1.23. The first-order valence-electron chi connectivity index (χ1n) is 15.2. The molecule has 0 amide bonds. The van der Waals surface area contributed by atoms with E-state index in [9.17, 15) is 29.7 Å². The molecule has 5 aromatic carbocycles. The first-order chi connectivity index (χ1) is 24.2. The van der Waals surface area contributed by atoms with Gasteiger partial charge in [-0.3, -0.25) is 0 Å². The van der Waals surface area contributed by atoms with Gasteiger partial charge in [0.2, 0.25) is 0 Å². The van der Waals surface area contributed by atoms with Crippen LogP contribution in [0, 0.1) is 0 Å². The minimum Gasteiger partial charge on any atom is -0.508 e. The van der Waals surface area contributed by atoms with Gasteiger partial charge in [0.15, 0.2) is 0 Å². The summed E-state index contributed by atoms with van der Waals surface area (Å²) in [7, 11) is 0. The number of esters is 3. The van der Waals surface area contributed by atoms with E-state index in [-0.39, 0.29) is 28.7 Å². The zero-order valence-electron chi connectivity index (χ0n) is 26.4. The zero-order chi connectivity index (χ0) is 35.3. The average molecular weight is 667 g/mol. The maximum atomic E-state index is 12.6. The Kier molecular flexibility index (Phi) is 11.4. The van der Waals surface area contributed by atoms with Crippen molar-refractivity contribution in [2.75, 3.05) is 0 Å². The molecule has 0 aliphatic rings. The fourth-order valence-electron chi connectivity index (χ4n) is 4.48. The van der Waals surface area contributed by atoms with Gasteiger partial charge >= 0.3 is 17.9 Å². The summed E-state index contributed by atoms with van der Waals surface area (Å²) < 4.78 is 16.4. The molecule has 0 bridgehead atoms. The van der Waals surface area contributed by atoms with Gasteiger partial charge in [-0.1, -0.05) is 60.7 Å². The first kappa shape index (κ1) is 34.2. The van der Waals surface area contributed by atoms with Crippen LogP contribution in [0.25, 0.3) is 30.4 Å². The molecule has 0 aliphatic heterocycles. The highest BCUT2D eigenvalue weighted by atomic mass is 16.5. The number of phenolic OH excluding ortho intramolecular Hbond substituents is 3. The Labute approximate surface area is 287 Å². The Morgan fingerprint density at radius 2 is 0.760 bits per heavy atom. The van der Waals surface area contributed by atoms with Crippen LogP contribution >= 0.6 is 0 Å². The SMILES string of the molecule is O=C(/C=C/c1cccc(O)c1)Oc1ccc(/C=C/c2cc(OC(=O)/C=C/c3cccc(O)c3)cc(OC(=O)/C=C/c3cccc(O)c3)c2)cc1. The number of benzene rings is 5. The minimum absolute atomic E-state index is 0.0544. The summed E-state index contributed by atoms with van der Waals surface area (Å²) in [5.41, 5.74) is 3.13. The van der Waals surface area contributed by atoms with E-state index in [1.54, 1.807) is 84.9 Å². The molecule has 0 aliphatic carbocycles. The predicted octanol–water partition coefficient (Wildman–Crippen LogP) is 7.83. The Morgan fingerprint density at radius 1 is 0.380 bits per heavy atom. The van der Waals surface area contributed by atoms with Gasteiger partial charge in [-0.05, 0) is 107 Å². The fourth-order valence-corrected chi connectivity index (χ4v) is 4.48. The third-order valence-electron chi connectivity index (χ3n) is 6.75. The van der Waals surface area contributed by atoms with Crippen molar-refractivity contribution >= 4 is 48.3 Å². The molecule has 0 unspecified atom stereocenters. The smallest absolute Gasteiger partial charge is 0.336 e. The number of phenols is 3. The molecule has 9 heteroatoms. The second-order valence-corrected chi connectivity index (χ2v) is 10.7. The highest BCUT2D eigenvalue weighted by Crippen LogP contribution is 2.26. The monoisotopic (exact) mass is 666 g/mol. The van der Waals surface area contributed by atoms with Crippen molar-refractivity contribution in [3.63, 3.8) is 0 Å². The number of hydrogen-bond acceptors (Lipinski definition) is 9. The molecule has 0 aromatic heterocycles. The normalized spacial score (nSPS) is 11.4. The van der Waals surface area contributed by atoms with Crippen molar-refractivity contribution in [2.24, 2.45) is 0 Å². The lowest BCUT2D eigenvalue weighted by atomic mass is 10.1. The summed E-state index contributed by atoms with van der Waals surface area (Å²) in [4.78, 5) is 37.5. The van der Waals surface area contributed by atoms with Gasteiger partial charge < -0.3 is 29.5 Å². The largest absolute Gasteiger partial charge is 0.508 e. The van der Waals surface area contributed by atoms with Gasteiger partial charge in [0.1, 0.15) is 34.5 Å². The van der Waals surface area contributed by atoms with E-state index in [0.717, 1.165) is 5.56 Å². The van der Waals surface area contributed by atoms with Gasteiger partial charge in [0.25, 0.3) is 0 Å². The lowest BCUT2D eigenvalue weighted by Crippen LogP contribution is -2.06. The lowest BCUT2D eigenvalue weighted by molar-refractivity contribution is -0.130. The molecule has 0 heterocycles. The molecule has 0 fully saturated rings. The van der Waals surface area contributed by atoms with Gasteiger partial charge in [-0.2, -0.15) is 0 Å². The predicted molar refractivity (Wildman–Crippen MR) is 190 cm³/mol. The molecular weight excluding hydrogens is 636 g/mol. The van der Waals surface area contributed by atoms with Crippen LogP contribution in [0.15, 0.2) is 133 Å². The molecule has 0 radical (unpaired) electrons.